The van der Waals surface area contributed by atoms with Crippen molar-refractivity contribution in [1.82, 2.24) is 15.1 Å². The molecule has 2 amide bonds. The fourth-order valence-electron chi connectivity index (χ4n) is 2.45. The molecule has 0 aliphatic heterocycles. The molecule has 0 atom stereocenters. The number of nitrogens with zero attached hydrogens (tertiary/aromatic N) is 3. The monoisotopic (exact) mass is 396 g/mol. The topological polar surface area (TPSA) is 107 Å². The van der Waals surface area contributed by atoms with Crippen LogP contribution in [0.1, 0.15) is 0 Å². The fraction of sp³-hybridized carbons (Fsp3) is 0.200. The summed E-state index contributed by atoms with van der Waals surface area (Å²) in [5.41, 5.74) is 1.33. The summed E-state index contributed by atoms with van der Waals surface area (Å²) >= 11 is 0. The highest BCUT2D eigenvalue weighted by atomic mass is 16.5. The smallest absolute Gasteiger partial charge is 0.260 e. The van der Waals surface area contributed by atoms with Gasteiger partial charge in [-0.25, -0.2) is 0 Å². The SMILES string of the molecule is COc1cccc(NC(=O)CN(C)C(=O)COc2ccc(-c3nnco3)cc2)c1. The van der Waals surface area contributed by atoms with E-state index in [9.17, 15) is 9.59 Å². The molecular weight excluding hydrogens is 376 g/mol. The number of likely N-dealkylation sites (N-methyl/N-ethyl adjacent to an activating group) is 1. The number of anilines is 1. The zero-order valence-electron chi connectivity index (χ0n) is 16.0. The van der Waals surface area contributed by atoms with E-state index in [0.717, 1.165) is 5.56 Å². The highest BCUT2D eigenvalue weighted by molar-refractivity contribution is 5.94. The minimum Gasteiger partial charge on any atom is -0.497 e. The summed E-state index contributed by atoms with van der Waals surface area (Å²) in [6.45, 7) is -0.293. The Bertz CT molecular complexity index is 957. The van der Waals surface area contributed by atoms with Gasteiger partial charge < -0.3 is 24.1 Å². The Labute approximate surface area is 167 Å². The van der Waals surface area contributed by atoms with Gasteiger partial charge in [0.05, 0.1) is 13.7 Å². The van der Waals surface area contributed by atoms with Crippen molar-refractivity contribution < 1.29 is 23.5 Å². The Hall–Kier alpha value is -3.88. The van der Waals surface area contributed by atoms with E-state index in [4.69, 9.17) is 13.9 Å². The zero-order chi connectivity index (χ0) is 20.6. The highest BCUT2D eigenvalue weighted by Gasteiger charge is 2.14. The van der Waals surface area contributed by atoms with E-state index in [1.54, 1.807) is 55.6 Å². The second-order valence-corrected chi connectivity index (χ2v) is 6.09. The summed E-state index contributed by atoms with van der Waals surface area (Å²) in [4.78, 5) is 25.7. The van der Waals surface area contributed by atoms with Crippen LogP contribution >= 0.6 is 0 Å². The van der Waals surface area contributed by atoms with Crippen LogP contribution in [0.2, 0.25) is 0 Å². The lowest BCUT2D eigenvalue weighted by Crippen LogP contribution is -2.37. The van der Waals surface area contributed by atoms with Crippen molar-refractivity contribution in [2.45, 2.75) is 0 Å². The predicted octanol–water partition coefficient (Wildman–Crippen LogP) is 2.22. The molecule has 3 aromatic rings. The van der Waals surface area contributed by atoms with E-state index < -0.39 is 0 Å². The number of hydrogen-bond donors (Lipinski definition) is 1. The van der Waals surface area contributed by atoms with E-state index in [1.807, 2.05) is 0 Å². The Balaban J connectivity index is 1.46. The molecule has 9 heteroatoms. The van der Waals surface area contributed by atoms with Crippen LogP contribution < -0.4 is 14.8 Å². The van der Waals surface area contributed by atoms with Crippen LogP contribution in [-0.2, 0) is 9.59 Å². The lowest BCUT2D eigenvalue weighted by molar-refractivity contribution is -0.135. The third kappa shape index (κ3) is 5.55. The number of nitrogens with one attached hydrogen (secondary N) is 1. The first-order valence-electron chi connectivity index (χ1n) is 8.72. The van der Waals surface area contributed by atoms with E-state index >= 15 is 0 Å². The summed E-state index contributed by atoms with van der Waals surface area (Å²) in [6.07, 6.45) is 1.25. The molecule has 0 aliphatic rings. The third-order valence-electron chi connectivity index (χ3n) is 3.98. The molecule has 1 N–H and O–H groups in total. The molecule has 2 aromatic carbocycles. The van der Waals surface area contributed by atoms with Crippen LogP contribution in [0, 0.1) is 0 Å². The summed E-state index contributed by atoms with van der Waals surface area (Å²) in [6, 6.07) is 13.9. The maximum Gasteiger partial charge on any atom is 0.260 e. The number of methoxy groups -OCH3 is 1. The predicted molar refractivity (Wildman–Crippen MR) is 104 cm³/mol. The van der Waals surface area contributed by atoms with Gasteiger partial charge in [-0.1, -0.05) is 6.07 Å². The number of amides is 2. The van der Waals surface area contributed by atoms with Gasteiger partial charge in [0.2, 0.25) is 18.2 Å². The summed E-state index contributed by atoms with van der Waals surface area (Å²) in [7, 11) is 3.08. The molecule has 0 saturated heterocycles. The Morgan fingerprint density at radius 1 is 1.14 bits per heavy atom. The lowest BCUT2D eigenvalue weighted by atomic mass is 10.2. The molecule has 0 unspecified atom stereocenters. The maximum atomic E-state index is 12.2. The van der Waals surface area contributed by atoms with Crippen molar-refractivity contribution in [3.8, 4) is 23.0 Å². The molecular formula is C20H20N4O5. The quantitative estimate of drug-likeness (QED) is 0.622. The van der Waals surface area contributed by atoms with Gasteiger partial charge in [-0.15, -0.1) is 10.2 Å². The molecule has 150 valence electrons. The molecule has 0 fully saturated rings. The van der Waals surface area contributed by atoms with Crippen molar-refractivity contribution in [2.24, 2.45) is 0 Å². The van der Waals surface area contributed by atoms with Crippen LogP contribution in [0.4, 0.5) is 5.69 Å². The minimum absolute atomic E-state index is 0.102. The molecule has 1 heterocycles. The molecule has 0 radical (unpaired) electrons. The van der Waals surface area contributed by atoms with Gasteiger partial charge in [0.1, 0.15) is 11.5 Å². The van der Waals surface area contributed by atoms with Crippen LogP contribution in [0.15, 0.2) is 59.3 Å². The van der Waals surface area contributed by atoms with Crippen molar-refractivity contribution in [3.63, 3.8) is 0 Å². The average Bonchev–Trinajstić information content (AvgIpc) is 3.27. The zero-order valence-corrected chi connectivity index (χ0v) is 16.0. The van der Waals surface area contributed by atoms with Crippen LogP contribution in [0.25, 0.3) is 11.5 Å². The van der Waals surface area contributed by atoms with Gasteiger partial charge in [0.25, 0.3) is 5.91 Å². The molecule has 9 nitrogen and oxygen atoms in total. The maximum absolute atomic E-state index is 12.2. The normalized spacial score (nSPS) is 10.3. The van der Waals surface area contributed by atoms with Crippen LogP contribution in [-0.4, -0.2) is 54.2 Å². The Kier molecular flexibility index (Phi) is 6.41. The van der Waals surface area contributed by atoms with E-state index in [0.29, 0.717) is 23.1 Å². The first-order valence-corrected chi connectivity index (χ1v) is 8.72. The molecule has 0 bridgehead atoms. The van der Waals surface area contributed by atoms with Crippen LogP contribution in [0.3, 0.4) is 0 Å². The van der Waals surface area contributed by atoms with Crippen molar-refractivity contribution in [2.75, 3.05) is 32.6 Å². The number of ether oxygens (including phenoxy) is 2. The first-order chi connectivity index (χ1) is 14.0. The van der Waals surface area contributed by atoms with Gasteiger partial charge in [0.15, 0.2) is 6.61 Å². The number of rotatable bonds is 8. The molecule has 29 heavy (non-hydrogen) atoms. The molecule has 0 saturated carbocycles. The number of benzene rings is 2. The van der Waals surface area contributed by atoms with Crippen molar-refractivity contribution in [1.29, 1.82) is 0 Å². The highest BCUT2D eigenvalue weighted by Crippen LogP contribution is 2.20. The van der Waals surface area contributed by atoms with Crippen molar-refractivity contribution in [3.05, 3.63) is 54.9 Å². The largest absolute Gasteiger partial charge is 0.497 e. The Morgan fingerprint density at radius 3 is 2.62 bits per heavy atom. The Morgan fingerprint density at radius 2 is 1.93 bits per heavy atom. The summed E-state index contributed by atoms with van der Waals surface area (Å²) < 4.78 is 15.7. The second kappa shape index (κ2) is 9.36. The number of carbonyl (C=O) groups excluding carboxylic acids is 2. The molecule has 1 aromatic heterocycles. The van der Waals surface area contributed by atoms with Gasteiger partial charge in [-0.2, -0.15) is 0 Å². The van der Waals surface area contributed by atoms with E-state index in [2.05, 4.69) is 15.5 Å². The molecule has 0 aliphatic carbocycles. The average molecular weight is 396 g/mol. The molecule has 0 spiro atoms. The summed E-state index contributed by atoms with van der Waals surface area (Å²) in [5.74, 6) is 0.890. The number of hydrogen-bond acceptors (Lipinski definition) is 7. The third-order valence-corrected chi connectivity index (χ3v) is 3.98. The van der Waals surface area contributed by atoms with Gasteiger partial charge in [-0.05, 0) is 36.4 Å². The van der Waals surface area contributed by atoms with E-state index in [1.165, 1.54) is 18.3 Å². The number of carbonyl (C=O) groups is 2. The van der Waals surface area contributed by atoms with E-state index in [-0.39, 0.29) is 25.0 Å². The van der Waals surface area contributed by atoms with Gasteiger partial charge in [0, 0.05) is 24.4 Å². The standard InChI is InChI=1S/C20H20N4O5/c1-24(11-18(25)22-15-4-3-5-17(10-15)27-2)19(26)12-28-16-8-6-14(7-9-16)20-23-21-13-29-20/h3-10,13H,11-12H2,1-2H3,(H,22,25). The van der Waals surface area contributed by atoms with Gasteiger partial charge in [-0.3, -0.25) is 9.59 Å². The lowest BCUT2D eigenvalue weighted by Gasteiger charge is -2.17. The number of aromatic nitrogens is 2. The van der Waals surface area contributed by atoms with Crippen molar-refractivity contribution >= 4 is 17.5 Å². The van der Waals surface area contributed by atoms with Crippen LogP contribution in [0.5, 0.6) is 11.5 Å². The fourth-order valence-corrected chi connectivity index (χ4v) is 2.45. The summed E-state index contributed by atoms with van der Waals surface area (Å²) in [5, 5.41) is 10.2. The second-order valence-electron chi connectivity index (χ2n) is 6.09. The van der Waals surface area contributed by atoms with Gasteiger partial charge >= 0.3 is 0 Å². The minimum atomic E-state index is -0.327. The first kappa shape index (κ1) is 19.9. The molecule has 3 rings (SSSR count).